The SMILES string of the molecule is Nc1ncc(-c2cc(N3C[C@@H]4CC[C@H]3CO4)nc(CC(F)(F)F)n2)cc1OC(F)F. The molecule has 0 saturated carbocycles. The van der Waals surface area contributed by atoms with Crippen molar-refractivity contribution in [2.24, 2.45) is 0 Å². The Labute approximate surface area is 168 Å². The third kappa shape index (κ3) is 4.53. The Hall–Kier alpha value is -2.76. The van der Waals surface area contributed by atoms with Crippen LogP contribution in [-0.4, -0.2) is 53.0 Å². The average molecular weight is 431 g/mol. The fourth-order valence-corrected chi connectivity index (χ4v) is 3.65. The van der Waals surface area contributed by atoms with Gasteiger partial charge in [0.1, 0.15) is 18.1 Å². The van der Waals surface area contributed by atoms with Gasteiger partial charge in [-0.15, -0.1) is 0 Å². The number of fused-ring (bicyclic) bond motifs is 3. The van der Waals surface area contributed by atoms with Gasteiger partial charge in [0.15, 0.2) is 11.6 Å². The number of nitrogen functional groups attached to an aromatic ring is 1. The molecule has 2 aromatic rings. The molecule has 2 atom stereocenters. The topological polar surface area (TPSA) is 86.4 Å². The molecular formula is C18H18F5N5O2. The molecule has 0 amide bonds. The van der Waals surface area contributed by atoms with Crippen LogP contribution in [0.15, 0.2) is 18.3 Å². The molecule has 3 saturated heterocycles. The fraction of sp³-hybridized carbons (Fsp3) is 0.500. The van der Waals surface area contributed by atoms with Crippen LogP contribution < -0.4 is 15.4 Å². The number of morpholine rings is 1. The van der Waals surface area contributed by atoms with Crippen molar-refractivity contribution in [1.82, 2.24) is 15.0 Å². The van der Waals surface area contributed by atoms with E-state index < -0.39 is 25.0 Å². The molecule has 3 aliphatic rings. The number of nitrogens with two attached hydrogens (primary N) is 1. The van der Waals surface area contributed by atoms with Crippen LogP contribution in [0.2, 0.25) is 0 Å². The summed E-state index contributed by atoms with van der Waals surface area (Å²) in [5, 5.41) is 0. The smallest absolute Gasteiger partial charge is 0.396 e. The van der Waals surface area contributed by atoms with Crippen LogP contribution in [-0.2, 0) is 11.2 Å². The zero-order valence-corrected chi connectivity index (χ0v) is 15.6. The van der Waals surface area contributed by atoms with Gasteiger partial charge in [0.25, 0.3) is 0 Å². The van der Waals surface area contributed by atoms with Crippen molar-refractivity contribution in [2.75, 3.05) is 23.8 Å². The van der Waals surface area contributed by atoms with Crippen LogP contribution in [0.1, 0.15) is 18.7 Å². The van der Waals surface area contributed by atoms with Crippen molar-refractivity contribution >= 4 is 11.6 Å². The van der Waals surface area contributed by atoms with E-state index in [1.54, 1.807) is 0 Å². The molecule has 0 spiro atoms. The molecule has 3 aliphatic heterocycles. The monoisotopic (exact) mass is 431 g/mol. The summed E-state index contributed by atoms with van der Waals surface area (Å²) in [5.41, 5.74) is 5.83. The number of aromatic nitrogens is 3. The number of pyridine rings is 1. The summed E-state index contributed by atoms with van der Waals surface area (Å²) in [6.45, 7) is -2.16. The second-order valence-electron chi connectivity index (χ2n) is 7.14. The summed E-state index contributed by atoms with van der Waals surface area (Å²) in [7, 11) is 0. The van der Waals surface area contributed by atoms with E-state index in [-0.39, 0.29) is 35.0 Å². The van der Waals surface area contributed by atoms with Crippen molar-refractivity contribution in [3.8, 4) is 17.0 Å². The molecule has 2 N–H and O–H groups in total. The molecule has 3 fully saturated rings. The first kappa shape index (κ1) is 20.5. The third-order valence-electron chi connectivity index (χ3n) is 4.99. The summed E-state index contributed by atoms with van der Waals surface area (Å²) in [5.74, 6) is -0.754. The van der Waals surface area contributed by atoms with Gasteiger partial charge in [0.2, 0.25) is 0 Å². The van der Waals surface area contributed by atoms with Gasteiger partial charge in [0.05, 0.1) is 24.4 Å². The fourth-order valence-electron chi connectivity index (χ4n) is 3.65. The summed E-state index contributed by atoms with van der Waals surface area (Å²) in [6, 6.07) is 2.68. The molecule has 30 heavy (non-hydrogen) atoms. The summed E-state index contributed by atoms with van der Waals surface area (Å²) in [4.78, 5) is 13.8. The normalized spacial score (nSPS) is 21.3. The predicted molar refractivity (Wildman–Crippen MR) is 96.2 cm³/mol. The van der Waals surface area contributed by atoms with Crippen molar-refractivity contribution in [3.05, 3.63) is 24.2 Å². The van der Waals surface area contributed by atoms with E-state index in [1.807, 2.05) is 4.90 Å². The van der Waals surface area contributed by atoms with E-state index >= 15 is 0 Å². The van der Waals surface area contributed by atoms with Crippen molar-refractivity contribution in [1.29, 1.82) is 0 Å². The lowest BCUT2D eigenvalue weighted by Crippen LogP contribution is -2.55. The first-order valence-electron chi connectivity index (χ1n) is 9.21. The third-order valence-corrected chi connectivity index (χ3v) is 4.99. The molecule has 2 bridgehead atoms. The highest BCUT2D eigenvalue weighted by atomic mass is 19.4. The van der Waals surface area contributed by atoms with Crippen LogP contribution in [0.4, 0.5) is 33.6 Å². The Morgan fingerprint density at radius 2 is 2.03 bits per heavy atom. The van der Waals surface area contributed by atoms with Gasteiger partial charge < -0.3 is 20.1 Å². The molecule has 0 radical (unpaired) electrons. The molecule has 162 valence electrons. The van der Waals surface area contributed by atoms with E-state index in [0.717, 1.165) is 12.8 Å². The maximum absolute atomic E-state index is 13.0. The number of ether oxygens (including phenoxy) is 2. The van der Waals surface area contributed by atoms with E-state index in [9.17, 15) is 22.0 Å². The zero-order chi connectivity index (χ0) is 21.5. The van der Waals surface area contributed by atoms with E-state index in [0.29, 0.717) is 19.0 Å². The number of hydrogen-bond acceptors (Lipinski definition) is 7. The standard InChI is InChI=1S/C18H18F5N5O2/c19-17(20)30-13-3-9(6-25-16(13)24)12-4-15(27-14(26-12)5-18(21,22)23)28-7-11-2-1-10(28)8-29-11/h3-4,6,10-11,17H,1-2,5,7-8H2,(H2,24,25)/t10-,11-/m0/s1. The zero-order valence-electron chi connectivity index (χ0n) is 15.6. The number of anilines is 2. The van der Waals surface area contributed by atoms with Crippen molar-refractivity contribution in [3.63, 3.8) is 0 Å². The van der Waals surface area contributed by atoms with E-state index in [2.05, 4.69) is 19.7 Å². The minimum absolute atomic E-state index is 0.00115. The van der Waals surface area contributed by atoms with Gasteiger partial charge in [-0.05, 0) is 18.9 Å². The number of piperidine rings is 1. The Bertz CT molecular complexity index is 918. The number of rotatable bonds is 5. The molecule has 5 heterocycles. The number of hydrogen-bond donors (Lipinski definition) is 1. The Morgan fingerprint density at radius 1 is 1.23 bits per heavy atom. The average Bonchev–Trinajstić information content (AvgIpc) is 2.68. The lowest BCUT2D eigenvalue weighted by Gasteiger charge is -2.45. The van der Waals surface area contributed by atoms with Gasteiger partial charge >= 0.3 is 12.8 Å². The maximum atomic E-state index is 13.0. The van der Waals surface area contributed by atoms with Crippen LogP contribution >= 0.6 is 0 Å². The highest BCUT2D eigenvalue weighted by Crippen LogP contribution is 2.34. The van der Waals surface area contributed by atoms with Crippen LogP contribution in [0.25, 0.3) is 11.3 Å². The van der Waals surface area contributed by atoms with Crippen LogP contribution in [0, 0.1) is 0 Å². The lowest BCUT2D eigenvalue weighted by molar-refractivity contribution is -0.128. The Morgan fingerprint density at radius 3 is 2.63 bits per heavy atom. The molecule has 0 aliphatic carbocycles. The quantitative estimate of drug-likeness (QED) is 0.728. The molecule has 12 heteroatoms. The van der Waals surface area contributed by atoms with Gasteiger partial charge in [-0.2, -0.15) is 22.0 Å². The summed E-state index contributed by atoms with van der Waals surface area (Å²) >= 11 is 0. The van der Waals surface area contributed by atoms with Gasteiger partial charge in [-0.3, -0.25) is 0 Å². The first-order chi connectivity index (χ1) is 14.2. The predicted octanol–water partition coefficient (Wildman–Crippen LogP) is 3.19. The lowest BCUT2D eigenvalue weighted by atomic mass is 9.97. The molecule has 0 aromatic carbocycles. The van der Waals surface area contributed by atoms with E-state index in [1.165, 1.54) is 18.3 Å². The van der Waals surface area contributed by atoms with Gasteiger partial charge in [-0.25, -0.2) is 15.0 Å². The minimum atomic E-state index is -4.51. The highest BCUT2D eigenvalue weighted by Gasteiger charge is 2.36. The first-order valence-corrected chi connectivity index (χ1v) is 9.21. The molecular weight excluding hydrogens is 413 g/mol. The molecule has 2 aromatic heterocycles. The Kier molecular flexibility index (Phi) is 5.35. The number of alkyl halides is 5. The molecule has 7 nitrogen and oxygen atoms in total. The van der Waals surface area contributed by atoms with Crippen LogP contribution in [0.3, 0.4) is 0 Å². The van der Waals surface area contributed by atoms with Gasteiger partial charge in [0, 0.05) is 24.4 Å². The van der Waals surface area contributed by atoms with Crippen LogP contribution in [0.5, 0.6) is 5.75 Å². The summed E-state index contributed by atoms with van der Waals surface area (Å²) < 4.78 is 74.2. The minimum Gasteiger partial charge on any atom is -0.431 e. The van der Waals surface area contributed by atoms with E-state index in [4.69, 9.17) is 10.5 Å². The number of nitrogens with zero attached hydrogens (tertiary/aromatic N) is 4. The van der Waals surface area contributed by atoms with Gasteiger partial charge in [-0.1, -0.05) is 0 Å². The maximum Gasteiger partial charge on any atom is 0.396 e. The number of halogens is 5. The highest BCUT2D eigenvalue weighted by molar-refractivity contribution is 5.66. The molecule has 0 unspecified atom stereocenters. The second-order valence-corrected chi connectivity index (χ2v) is 7.14. The van der Waals surface area contributed by atoms with Crippen molar-refractivity contribution < 1.29 is 31.4 Å². The molecule has 5 rings (SSSR count). The largest absolute Gasteiger partial charge is 0.431 e. The van der Waals surface area contributed by atoms with Crippen molar-refractivity contribution in [2.45, 2.75) is 44.2 Å². The summed E-state index contributed by atoms with van der Waals surface area (Å²) in [6.07, 6.45) is -2.89. The second kappa shape index (κ2) is 7.82. The Balaban J connectivity index is 1.74.